The van der Waals surface area contributed by atoms with E-state index < -0.39 is 23.7 Å². The van der Waals surface area contributed by atoms with Gasteiger partial charge in [-0.2, -0.15) is 31.4 Å². The number of anilines is 1. The van der Waals surface area contributed by atoms with Gasteiger partial charge < -0.3 is 10.2 Å². The van der Waals surface area contributed by atoms with Crippen molar-refractivity contribution >= 4 is 11.7 Å². The summed E-state index contributed by atoms with van der Waals surface area (Å²) in [6.45, 7) is 1.23. The molecule has 2 amide bonds. The summed E-state index contributed by atoms with van der Waals surface area (Å²) in [7, 11) is 0. The number of likely N-dealkylation sites (tertiary alicyclic amines) is 1. The number of carbonyl (C=O) groups is 1. The molecule has 1 aliphatic rings. The molecule has 3 rings (SSSR count). The second kappa shape index (κ2) is 7.36. The number of rotatable bonds is 2. The summed E-state index contributed by atoms with van der Waals surface area (Å²) in [5.41, 5.74) is -3.07. The summed E-state index contributed by atoms with van der Waals surface area (Å²) in [6.07, 6.45) is -7.18. The highest BCUT2D eigenvalue weighted by atomic mass is 19.4. The van der Waals surface area contributed by atoms with Gasteiger partial charge >= 0.3 is 18.4 Å². The van der Waals surface area contributed by atoms with Crippen molar-refractivity contribution in [2.24, 2.45) is 0 Å². The number of hydrogen-bond donors (Lipinski definition) is 1. The van der Waals surface area contributed by atoms with Gasteiger partial charge in [-0.15, -0.1) is 0 Å². The highest BCUT2D eigenvalue weighted by Gasteiger charge is 2.42. The number of nitrogens with one attached hydrogen (secondary N) is 1. The molecular weight excluding hydrogens is 390 g/mol. The monoisotopic (exact) mass is 406 g/mol. The van der Waals surface area contributed by atoms with Crippen LogP contribution in [0.3, 0.4) is 0 Å². The Hall–Kier alpha value is -2.72. The van der Waals surface area contributed by atoms with Gasteiger partial charge in [0.15, 0.2) is 5.69 Å². The Morgan fingerprint density at radius 3 is 2.07 bits per heavy atom. The van der Waals surface area contributed by atoms with E-state index in [9.17, 15) is 31.1 Å². The van der Waals surface area contributed by atoms with E-state index in [1.54, 1.807) is 4.90 Å². The fourth-order valence-electron chi connectivity index (χ4n) is 2.90. The van der Waals surface area contributed by atoms with Gasteiger partial charge in [0.1, 0.15) is 5.69 Å². The smallest absolute Gasteiger partial charge is 0.325 e. The molecule has 1 N–H and O–H groups in total. The Labute approximate surface area is 155 Å². The fraction of sp³-hybridized carbons (Fsp3) is 0.412. The molecule has 0 unspecified atom stereocenters. The number of nitrogens with zero attached hydrogens (tertiary/aromatic N) is 3. The molecule has 1 aliphatic heterocycles. The van der Waals surface area contributed by atoms with Gasteiger partial charge in [0.25, 0.3) is 0 Å². The average Bonchev–Trinajstić information content (AvgIpc) is 3.09. The third-order valence-corrected chi connectivity index (χ3v) is 4.30. The van der Waals surface area contributed by atoms with Gasteiger partial charge in [0.05, 0.1) is 5.69 Å². The van der Waals surface area contributed by atoms with Crippen LogP contribution in [0.2, 0.25) is 0 Å². The largest absolute Gasteiger partial charge is 0.435 e. The van der Waals surface area contributed by atoms with Crippen molar-refractivity contribution in [3.05, 3.63) is 41.7 Å². The molecule has 1 aromatic heterocycles. The maximum absolute atomic E-state index is 13.1. The van der Waals surface area contributed by atoms with Crippen LogP contribution in [0.4, 0.5) is 36.8 Å². The Morgan fingerprint density at radius 1 is 0.929 bits per heavy atom. The van der Waals surface area contributed by atoms with Crippen LogP contribution in [-0.2, 0) is 12.4 Å². The van der Waals surface area contributed by atoms with E-state index in [2.05, 4.69) is 10.4 Å². The van der Waals surface area contributed by atoms with Crippen LogP contribution in [0.15, 0.2) is 30.3 Å². The lowest BCUT2D eigenvalue weighted by Crippen LogP contribution is -2.38. The molecule has 1 aromatic carbocycles. The Balaban J connectivity index is 1.83. The predicted octanol–water partition coefficient (Wildman–Crippen LogP) is 4.93. The number of aromatic nitrogens is 2. The van der Waals surface area contributed by atoms with Crippen LogP contribution in [0.25, 0.3) is 5.69 Å². The molecule has 0 atom stereocenters. The first-order chi connectivity index (χ1) is 13.1. The quantitative estimate of drug-likeness (QED) is 0.720. The molecule has 0 aliphatic carbocycles. The van der Waals surface area contributed by atoms with Crippen LogP contribution in [0, 0.1) is 0 Å². The summed E-state index contributed by atoms with van der Waals surface area (Å²) in [5, 5.41) is 5.68. The molecule has 0 saturated carbocycles. The molecule has 28 heavy (non-hydrogen) atoms. The van der Waals surface area contributed by atoms with Crippen molar-refractivity contribution in [1.29, 1.82) is 0 Å². The molecule has 0 spiro atoms. The number of hydrogen-bond acceptors (Lipinski definition) is 2. The lowest BCUT2D eigenvalue weighted by Gasteiger charge is -2.26. The molecule has 11 heteroatoms. The highest BCUT2D eigenvalue weighted by molar-refractivity contribution is 5.89. The molecule has 152 valence electrons. The SMILES string of the molecule is O=C(Nc1ccc(-n2nc(C(F)(F)F)cc2C(F)(F)F)cc1)N1CCCCC1. The first kappa shape index (κ1) is 20.0. The summed E-state index contributed by atoms with van der Waals surface area (Å²) in [5.74, 6) is 0. The third-order valence-electron chi connectivity index (χ3n) is 4.30. The highest BCUT2D eigenvalue weighted by Crippen LogP contribution is 2.36. The number of alkyl halides is 6. The van der Waals surface area contributed by atoms with Gasteiger partial charge in [-0.25, -0.2) is 9.48 Å². The van der Waals surface area contributed by atoms with Crippen molar-refractivity contribution in [3.8, 4) is 5.69 Å². The second-order valence-corrected chi connectivity index (χ2v) is 6.35. The predicted molar refractivity (Wildman–Crippen MR) is 88.0 cm³/mol. The van der Waals surface area contributed by atoms with Gasteiger partial charge in [-0.05, 0) is 43.5 Å². The van der Waals surface area contributed by atoms with Gasteiger partial charge in [0.2, 0.25) is 0 Å². The number of benzene rings is 1. The minimum atomic E-state index is -5.02. The maximum atomic E-state index is 13.1. The summed E-state index contributed by atoms with van der Waals surface area (Å²) in [4.78, 5) is 13.8. The topological polar surface area (TPSA) is 50.2 Å². The van der Waals surface area contributed by atoms with Crippen molar-refractivity contribution < 1.29 is 31.1 Å². The molecule has 5 nitrogen and oxygen atoms in total. The maximum Gasteiger partial charge on any atom is 0.435 e. The summed E-state index contributed by atoms with van der Waals surface area (Å²) >= 11 is 0. The Bertz CT molecular complexity index is 835. The molecule has 0 radical (unpaired) electrons. The van der Waals surface area contributed by atoms with E-state index in [0.717, 1.165) is 31.4 Å². The van der Waals surface area contributed by atoms with E-state index in [1.807, 2.05) is 0 Å². The zero-order valence-electron chi connectivity index (χ0n) is 14.4. The average molecular weight is 406 g/mol. The van der Waals surface area contributed by atoms with Crippen molar-refractivity contribution in [1.82, 2.24) is 14.7 Å². The first-order valence-corrected chi connectivity index (χ1v) is 8.46. The van der Waals surface area contributed by atoms with E-state index >= 15 is 0 Å². The fourth-order valence-corrected chi connectivity index (χ4v) is 2.90. The van der Waals surface area contributed by atoms with Crippen molar-refractivity contribution in [2.45, 2.75) is 31.6 Å². The Morgan fingerprint density at radius 2 is 1.54 bits per heavy atom. The minimum Gasteiger partial charge on any atom is -0.325 e. The van der Waals surface area contributed by atoms with Crippen LogP contribution in [-0.4, -0.2) is 33.8 Å². The van der Waals surface area contributed by atoms with Crippen molar-refractivity contribution in [2.75, 3.05) is 18.4 Å². The van der Waals surface area contributed by atoms with Crippen LogP contribution in [0.1, 0.15) is 30.7 Å². The van der Waals surface area contributed by atoms with Crippen LogP contribution in [0.5, 0.6) is 0 Å². The van der Waals surface area contributed by atoms with Gasteiger partial charge in [-0.1, -0.05) is 0 Å². The lowest BCUT2D eigenvalue weighted by molar-refractivity contribution is -0.143. The third kappa shape index (κ3) is 4.39. The second-order valence-electron chi connectivity index (χ2n) is 6.35. The van der Waals surface area contributed by atoms with E-state index in [0.29, 0.717) is 18.8 Å². The summed E-state index contributed by atoms with van der Waals surface area (Å²) in [6, 6.07) is 4.58. The van der Waals surface area contributed by atoms with Crippen LogP contribution < -0.4 is 5.32 Å². The number of piperidine rings is 1. The molecule has 1 fully saturated rings. The van der Waals surface area contributed by atoms with E-state index in [-0.39, 0.29) is 22.5 Å². The molecular formula is C17H16F6N4O. The number of carbonyl (C=O) groups excluding carboxylic acids is 1. The van der Waals surface area contributed by atoms with Gasteiger partial charge in [-0.3, -0.25) is 0 Å². The zero-order valence-corrected chi connectivity index (χ0v) is 14.4. The molecule has 2 heterocycles. The molecule has 1 saturated heterocycles. The Kier molecular flexibility index (Phi) is 5.26. The normalized spacial score (nSPS) is 15.6. The first-order valence-electron chi connectivity index (χ1n) is 8.46. The van der Waals surface area contributed by atoms with Crippen LogP contribution >= 0.6 is 0 Å². The molecule has 0 bridgehead atoms. The summed E-state index contributed by atoms with van der Waals surface area (Å²) < 4.78 is 77.8. The molecule has 2 aromatic rings. The van der Waals surface area contributed by atoms with Gasteiger partial charge in [0, 0.05) is 24.8 Å². The number of amides is 2. The number of halogens is 6. The van der Waals surface area contributed by atoms with E-state index in [4.69, 9.17) is 0 Å². The lowest BCUT2D eigenvalue weighted by atomic mass is 10.1. The van der Waals surface area contributed by atoms with E-state index in [1.165, 1.54) is 12.1 Å². The number of urea groups is 1. The standard InChI is InChI=1S/C17H16F6N4O/c18-16(19,20)13-10-14(17(21,22)23)27(25-13)12-6-4-11(5-7-12)24-15(28)26-8-2-1-3-9-26/h4-7,10H,1-3,8-9H2,(H,24,28). The minimum absolute atomic E-state index is 0.0357. The zero-order chi connectivity index (χ0) is 20.5. The van der Waals surface area contributed by atoms with Crippen molar-refractivity contribution in [3.63, 3.8) is 0 Å².